The van der Waals surface area contributed by atoms with Crippen LogP contribution in [-0.2, 0) is 14.8 Å². The lowest BCUT2D eigenvalue weighted by molar-refractivity contribution is 0.0616. The molecular weight excluding hydrogens is 264 g/mol. The second kappa shape index (κ2) is 7.57. The van der Waals surface area contributed by atoms with Crippen LogP contribution in [0, 0.1) is 5.92 Å². The number of rotatable bonds is 7. The molecule has 0 aromatic heterocycles. The smallest absolute Gasteiger partial charge is 0.211 e. The molecule has 1 aliphatic rings. The minimum absolute atomic E-state index is 0.00513. The highest BCUT2D eigenvalue weighted by Gasteiger charge is 2.28. The summed E-state index contributed by atoms with van der Waals surface area (Å²) in [4.78, 5) is 0. The molecule has 0 aromatic carbocycles. The van der Waals surface area contributed by atoms with Gasteiger partial charge >= 0.3 is 0 Å². The number of hydrogen-bond donors (Lipinski definition) is 1. The average molecular weight is 292 g/mol. The molecule has 0 spiro atoms. The third kappa shape index (κ3) is 5.38. The zero-order valence-electron chi connectivity index (χ0n) is 12.3. The van der Waals surface area contributed by atoms with Gasteiger partial charge in [-0.05, 0) is 31.6 Å². The van der Waals surface area contributed by atoms with Crippen molar-refractivity contribution in [3.05, 3.63) is 0 Å². The lowest BCUT2D eigenvalue weighted by Gasteiger charge is -2.33. The van der Waals surface area contributed by atoms with Gasteiger partial charge in [0.15, 0.2) is 0 Å². The highest BCUT2D eigenvalue weighted by atomic mass is 32.2. The van der Waals surface area contributed by atoms with Crippen molar-refractivity contribution >= 4 is 10.0 Å². The molecule has 5 nitrogen and oxygen atoms in total. The standard InChI is InChI=1S/C13H28N2O3S/c1-4-6-13(18-2)12(14)9-11-7-5-8-15(10-11)19(3,16)17/h11-13H,4-10,14H2,1-3H3. The first-order chi connectivity index (χ1) is 8.88. The summed E-state index contributed by atoms with van der Waals surface area (Å²) in [5, 5.41) is 0. The summed E-state index contributed by atoms with van der Waals surface area (Å²) in [7, 11) is -1.37. The fraction of sp³-hybridized carbons (Fsp3) is 1.00. The molecule has 1 saturated heterocycles. The van der Waals surface area contributed by atoms with Crippen LogP contribution in [0.5, 0.6) is 0 Å². The Morgan fingerprint density at radius 3 is 2.68 bits per heavy atom. The average Bonchev–Trinajstić information content (AvgIpc) is 2.35. The first-order valence-electron chi connectivity index (χ1n) is 7.12. The van der Waals surface area contributed by atoms with Gasteiger partial charge in [-0.15, -0.1) is 0 Å². The first kappa shape index (κ1) is 16.9. The summed E-state index contributed by atoms with van der Waals surface area (Å²) in [6.45, 7) is 3.37. The lowest BCUT2D eigenvalue weighted by atomic mass is 9.89. The van der Waals surface area contributed by atoms with Crippen LogP contribution in [0.4, 0.5) is 0 Å². The van der Waals surface area contributed by atoms with Crippen LogP contribution in [-0.4, -0.2) is 51.3 Å². The number of nitrogens with zero attached hydrogens (tertiary/aromatic N) is 1. The van der Waals surface area contributed by atoms with Gasteiger partial charge < -0.3 is 10.5 Å². The normalized spacial score (nSPS) is 25.2. The maximum atomic E-state index is 11.6. The summed E-state index contributed by atoms with van der Waals surface area (Å²) in [5.74, 6) is 0.355. The van der Waals surface area contributed by atoms with Crippen LogP contribution in [0.2, 0.25) is 0 Å². The minimum Gasteiger partial charge on any atom is -0.380 e. The number of hydrogen-bond acceptors (Lipinski definition) is 4. The highest BCUT2D eigenvalue weighted by molar-refractivity contribution is 7.88. The van der Waals surface area contributed by atoms with Gasteiger partial charge in [0, 0.05) is 26.2 Å². The van der Waals surface area contributed by atoms with Gasteiger partial charge in [0.2, 0.25) is 10.0 Å². The quantitative estimate of drug-likeness (QED) is 0.765. The van der Waals surface area contributed by atoms with Gasteiger partial charge in [-0.2, -0.15) is 0 Å². The minimum atomic E-state index is -3.07. The molecule has 1 aliphatic heterocycles. The van der Waals surface area contributed by atoms with Crippen molar-refractivity contribution in [1.82, 2.24) is 4.31 Å². The molecule has 6 heteroatoms. The van der Waals surface area contributed by atoms with E-state index >= 15 is 0 Å². The number of sulfonamides is 1. The highest BCUT2D eigenvalue weighted by Crippen LogP contribution is 2.24. The largest absolute Gasteiger partial charge is 0.380 e. The van der Waals surface area contributed by atoms with E-state index in [2.05, 4.69) is 6.92 Å². The van der Waals surface area contributed by atoms with Crippen molar-refractivity contribution in [2.45, 2.75) is 51.2 Å². The lowest BCUT2D eigenvalue weighted by Crippen LogP contribution is -2.43. The molecule has 3 atom stereocenters. The summed E-state index contributed by atoms with van der Waals surface area (Å²) >= 11 is 0. The zero-order chi connectivity index (χ0) is 14.5. The Bertz CT molecular complexity index is 359. The Labute approximate surface area is 117 Å². The van der Waals surface area contributed by atoms with Gasteiger partial charge in [0.25, 0.3) is 0 Å². The Hall–Kier alpha value is -0.170. The van der Waals surface area contributed by atoms with Gasteiger partial charge in [-0.3, -0.25) is 0 Å². The van der Waals surface area contributed by atoms with Crippen LogP contribution in [0.3, 0.4) is 0 Å². The monoisotopic (exact) mass is 292 g/mol. The molecule has 1 fully saturated rings. The molecule has 19 heavy (non-hydrogen) atoms. The molecule has 0 bridgehead atoms. The number of nitrogens with two attached hydrogens (primary N) is 1. The fourth-order valence-corrected chi connectivity index (χ4v) is 3.79. The third-order valence-electron chi connectivity index (χ3n) is 3.91. The predicted octanol–water partition coefficient (Wildman–Crippen LogP) is 1.19. The van der Waals surface area contributed by atoms with Crippen LogP contribution in [0.15, 0.2) is 0 Å². The zero-order valence-corrected chi connectivity index (χ0v) is 13.2. The van der Waals surface area contributed by atoms with Crippen LogP contribution in [0.1, 0.15) is 39.0 Å². The second-order valence-electron chi connectivity index (χ2n) is 5.59. The van der Waals surface area contributed by atoms with E-state index in [0.717, 1.165) is 32.1 Å². The van der Waals surface area contributed by atoms with Gasteiger partial charge in [-0.25, -0.2) is 12.7 Å². The Balaban J connectivity index is 2.52. The number of piperidine rings is 1. The molecule has 0 aromatic rings. The van der Waals surface area contributed by atoms with Gasteiger partial charge in [0.1, 0.15) is 0 Å². The van der Waals surface area contributed by atoms with Crippen molar-refractivity contribution in [2.75, 3.05) is 26.5 Å². The predicted molar refractivity (Wildman–Crippen MR) is 77.4 cm³/mol. The van der Waals surface area contributed by atoms with Gasteiger partial charge in [-0.1, -0.05) is 13.3 Å². The Morgan fingerprint density at radius 2 is 2.16 bits per heavy atom. The summed E-state index contributed by atoms with van der Waals surface area (Å²) in [6, 6.07) is -0.00513. The molecule has 1 heterocycles. The van der Waals surface area contributed by atoms with Crippen molar-refractivity contribution < 1.29 is 13.2 Å². The van der Waals surface area contributed by atoms with E-state index < -0.39 is 10.0 Å². The summed E-state index contributed by atoms with van der Waals surface area (Å²) < 4.78 is 30.2. The molecule has 0 radical (unpaired) electrons. The van der Waals surface area contributed by atoms with Crippen molar-refractivity contribution in [3.63, 3.8) is 0 Å². The number of ether oxygens (including phenoxy) is 1. The van der Waals surface area contributed by atoms with E-state index in [1.54, 1.807) is 11.4 Å². The molecule has 0 amide bonds. The molecule has 0 saturated carbocycles. The van der Waals surface area contributed by atoms with Crippen molar-refractivity contribution in [2.24, 2.45) is 11.7 Å². The van der Waals surface area contributed by atoms with Gasteiger partial charge in [0.05, 0.1) is 12.4 Å². The molecule has 1 rings (SSSR count). The van der Waals surface area contributed by atoms with Crippen molar-refractivity contribution in [1.29, 1.82) is 0 Å². The SMILES string of the molecule is CCCC(OC)C(N)CC1CCCN(S(C)(=O)=O)C1. The molecular formula is C13H28N2O3S. The molecule has 2 N–H and O–H groups in total. The maximum Gasteiger partial charge on any atom is 0.211 e. The second-order valence-corrected chi connectivity index (χ2v) is 7.57. The van der Waals surface area contributed by atoms with E-state index in [-0.39, 0.29) is 12.1 Å². The van der Waals surface area contributed by atoms with Crippen molar-refractivity contribution in [3.8, 4) is 0 Å². The van der Waals surface area contributed by atoms with Crippen LogP contribution < -0.4 is 5.73 Å². The van der Waals surface area contributed by atoms with E-state index in [9.17, 15) is 8.42 Å². The summed E-state index contributed by atoms with van der Waals surface area (Å²) in [5.41, 5.74) is 6.21. The Morgan fingerprint density at radius 1 is 1.47 bits per heavy atom. The van der Waals surface area contributed by atoms with Crippen LogP contribution >= 0.6 is 0 Å². The fourth-order valence-electron chi connectivity index (χ4n) is 2.85. The topological polar surface area (TPSA) is 72.6 Å². The van der Waals surface area contributed by atoms with E-state index in [0.29, 0.717) is 19.0 Å². The first-order valence-corrected chi connectivity index (χ1v) is 8.96. The number of methoxy groups -OCH3 is 1. The third-order valence-corrected chi connectivity index (χ3v) is 5.18. The van der Waals surface area contributed by atoms with E-state index in [1.807, 2.05) is 0 Å². The van der Waals surface area contributed by atoms with Crippen LogP contribution in [0.25, 0.3) is 0 Å². The molecule has 3 unspecified atom stereocenters. The molecule has 114 valence electrons. The summed E-state index contributed by atoms with van der Waals surface area (Å²) in [6.07, 6.45) is 6.19. The van der Waals surface area contributed by atoms with E-state index in [4.69, 9.17) is 10.5 Å². The maximum absolute atomic E-state index is 11.6. The Kier molecular flexibility index (Phi) is 6.73. The van der Waals surface area contributed by atoms with E-state index in [1.165, 1.54) is 6.26 Å². The molecule has 0 aliphatic carbocycles.